The molecule has 1 atom stereocenters. The largest absolute Gasteiger partial charge is 0.334 e. The Morgan fingerprint density at radius 2 is 2.21 bits per heavy atom. The van der Waals surface area contributed by atoms with E-state index in [1.807, 2.05) is 19.1 Å². The minimum Gasteiger partial charge on any atom is -0.334 e. The van der Waals surface area contributed by atoms with Gasteiger partial charge in [0.1, 0.15) is 0 Å². The molecule has 4 heteroatoms. The third kappa shape index (κ3) is 2.63. The molecule has 1 saturated heterocycles. The van der Waals surface area contributed by atoms with E-state index in [0.29, 0.717) is 12.6 Å². The SMILES string of the molecule is CC1(C(=O)N(Cc2ccncc2)C2CC2)CCCN1. The van der Waals surface area contributed by atoms with Gasteiger partial charge in [-0.1, -0.05) is 0 Å². The number of nitrogens with zero attached hydrogens (tertiary/aromatic N) is 2. The molecule has 4 nitrogen and oxygen atoms in total. The average Bonchev–Trinajstić information content (AvgIpc) is 3.18. The van der Waals surface area contributed by atoms with Crippen LogP contribution in [0.15, 0.2) is 24.5 Å². The highest BCUT2D eigenvalue weighted by atomic mass is 16.2. The number of carbonyl (C=O) groups is 1. The summed E-state index contributed by atoms with van der Waals surface area (Å²) in [4.78, 5) is 18.9. The molecule has 0 spiro atoms. The van der Waals surface area contributed by atoms with Crippen LogP contribution in [0.25, 0.3) is 0 Å². The second-order valence-corrected chi connectivity index (χ2v) is 5.88. The Hall–Kier alpha value is -1.42. The third-order valence-electron chi connectivity index (χ3n) is 4.19. The van der Waals surface area contributed by atoms with E-state index < -0.39 is 0 Å². The summed E-state index contributed by atoms with van der Waals surface area (Å²) in [5.74, 6) is 0.268. The number of aromatic nitrogens is 1. The summed E-state index contributed by atoms with van der Waals surface area (Å²) in [5, 5.41) is 3.38. The van der Waals surface area contributed by atoms with Crippen LogP contribution in [0.1, 0.15) is 38.2 Å². The summed E-state index contributed by atoms with van der Waals surface area (Å²) >= 11 is 0. The van der Waals surface area contributed by atoms with Crippen LogP contribution >= 0.6 is 0 Å². The van der Waals surface area contributed by atoms with Crippen LogP contribution in [-0.4, -0.2) is 33.9 Å². The number of hydrogen-bond donors (Lipinski definition) is 1. The van der Waals surface area contributed by atoms with Crippen molar-refractivity contribution < 1.29 is 4.79 Å². The van der Waals surface area contributed by atoms with Gasteiger partial charge >= 0.3 is 0 Å². The van der Waals surface area contributed by atoms with Crippen molar-refractivity contribution in [3.05, 3.63) is 30.1 Å². The van der Waals surface area contributed by atoms with E-state index in [1.165, 1.54) is 0 Å². The normalized spacial score (nSPS) is 26.4. The van der Waals surface area contributed by atoms with Crippen molar-refractivity contribution in [2.24, 2.45) is 0 Å². The molecule has 2 fully saturated rings. The van der Waals surface area contributed by atoms with E-state index in [-0.39, 0.29) is 11.4 Å². The van der Waals surface area contributed by atoms with Crippen molar-refractivity contribution in [3.8, 4) is 0 Å². The van der Waals surface area contributed by atoms with Crippen LogP contribution in [-0.2, 0) is 11.3 Å². The van der Waals surface area contributed by atoms with Crippen molar-refractivity contribution in [2.45, 2.75) is 50.7 Å². The molecule has 1 aromatic heterocycles. The van der Waals surface area contributed by atoms with Gasteiger partial charge in [0, 0.05) is 25.0 Å². The van der Waals surface area contributed by atoms with Gasteiger partial charge in [0.2, 0.25) is 5.91 Å². The number of pyridine rings is 1. The fourth-order valence-electron chi connectivity index (χ4n) is 2.83. The standard InChI is InChI=1S/C15H21N3O/c1-15(7-2-8-17-15)14(19)18(13-3-4-13)11-12-5-9-16-10-6-12/h5-6,9-10,13,17H,2-4,7-8,11H2,1H3. The lowest BCUT2D eigenvalue weighted by molar-refractivity contribution is -0.138. The monoisotopic (exact) mass is 259 g/mol. The van der Waals surface area contributed by atoms with Gasteiger partial charge in [0.25, 0.3) is 0 Å². The van der Waals surface area contributed by atoms with E-state index in [2.05, 4.69) is 15.2 Å². The lowest BCUT2D eigenvalue weighted by atomic mass is 9.98. The number of rotatable bonds is 4. The van der Waals surface area contributed by atoms with Crippen LogP contribution in [0.4, 0.5) is 0 Å². The molecule has 1 saturated carbocycles. The zero-order valence-electron chi connectivity index (χ0n) is 11.4. The maximum atomic E-state index is 12.8. The Kier molecular flexibility index (Phi) is 3.27. The number of amides is 1. The Morgan fingerprint density at radius 3 is 2.79 bits per heavy atom. The van der Waals surface area contributed by atoms with Crippen molar-refractivity contribution in [1.82, 2.24) is 15.2 Å². The molecule has 1 aromatic rings. The van der Waals surface area contributed by atoms with Gasteiger partial charge < -0.3 is 10.2 Å². The molecule has 3 rings (SSSR count). The van der Waals surface area contributed by atoms with Crippen molar-refractivity contribution in [2.75, 3.05) is 6.54 Å². The van der Waals surface area contributed by atoms with E-state index in [4.69, 9.17) is 0 Å². The Morgan fingerprint density at radius 1 is 1.47 bits per heavy atom. The summed E-state index contributed by atoms with van der Waals surface area (Å²) in [6.07, 6.45) is 7.92. The van der Waals surface area contributed by atoms with Crippen LogP contribution in [0, 0.1) is 0 Å². The number of nitrogens with one attached hydrogen (secondary N) is 1. The highest BCUT2D eigenvalue weighted by molar-refractivity contribution is 5.86. The van der Waals surface area contributed by atoms with Crippen LogP contribution in [0.2, 0.25) is 0 Å². The molecular weight excluding hydrogens is 238 g/mol. The van der Waals surface area contributed by atoms with Crippen LogP contribution in [0.5, 0.6) is 0 Å². The molecule has 102 valence electrons. The second-order valence-electron chi connectivity index (χ2n) is 5.88. The molecule has 1 aliphatic heterocycles. The first-order chi connectivity index (χ1) is 9.19. The zero-order valence-corrected chi connectivity index (χ0v) is 11.4. The predicted molar refractivity (Wildman–Crippen MR) is 73.5 cm³/mol. The molecule has 1 amide bonds. The topological polar surface area (TPSA) is 45.2 Å². The fraction of sp³-hybridized carbons (Fsp3) is 0.600. The van der Waals surface area contributed by atoms with Gasteiger partial charge in [-0.05, 0) is 56.8 Å². The lowest BCUT2D eigenvalue weighted by Crippen LogP contribution is -2.53. The van der Waals surface area contributed by atoms with E-state index in [0.717, 1.165) is 37.8 Å². The first kappa shape index (κ1) is 12.6. The van der Waals surface area contributed by atoms with Gasteiger partial charge in [-0.25, -0.2) is 0 Å². The van der Waals surface area contributed by atoms with Gasteiger partial charge in [-0.2, -0.15) is 0 Å². The molecule has 2 heterocycles. The average molecular weight is 259 g/mol. The molecule has 0 radical (unpaired) electrons. The number of hydrogen-bond acceptors (Lipinski definition) is 3. The maximum absolute atomic E-state index is 12.8. The lowest BCUT2D eigenvalue weighted by Gasteiger charge is -2.32. The first-order valence-electron chi connectivity index (χ1n) is 7.14. The molecule has 0 bridgehead atoms. The molecule has 0 aromatic carbocycles. The molecule has 1 aliphatic carbocycles. The molecule has 2 aliphatic rings. The van der Waals surface area contributed by atoms with Crippen molar-refractivity contribution in [1.29, 1.82) is 0 Å². The van der Waals surface area contributed by atoms with E-state index in [1.54, 1.807) is 12.4 Å². The summed E-state index contributed by atoms with van der Waals surface area (Å²) in [6.45, 7) is 3.71. The minimum atomic E-state index is -0.352. The van der Waals surface area contributed by atoms with Crippen LogP contribution < -0.4 is 5.32 Å². The number of carbonyl (C=O) groups excluding carboxylic acids is 1. The summed E-state index contributed by atoms with van der Waals surface area (Å²) < 4.78 is 0. The molecule has 1 N–H and O–H groups in total. The summed E-state index contributed by atoms with van der Waals surface area (Å²) in [7, 11) is 0. The van der Waals surface area contributed by atoms with Gasteiger partial charge in [0.15, 0.2) is 0 Å². The van der Waals surface area contributed by atoms with Crippen LogP contribution in [0.3, 0.4) is 0 Å². The zero-order chi connectivity index (χ0) is 13.3. The summed E-state index contributed by atoms with van der Waals surface area (Å²) in [5.41, 5.74) is 0.812. The molecule has 19 heavy (non-hydrogen) atoms. The van der Waals surface area contributed by atoms with Gasteiger partial charge in [-0.3, -0.25) is 9.78 Å². The third-order valence-corrected chi connectivity index (χ3v) is 4.19. The quantitative estimate of drug-likeness (QED) is 0.895. The molecule has 1 unspecified atom stereocenters. The smallest absolute Gasteiger partial charge is 0.243 e. The van der Waals surface area contributed by atoms with Crippen molar-refractivity contribution >= 4 is 5.91 Å². The highest BCUT2D eigenvalue weighted by Gasteiger charge is 2.43. The predicted octanol–water partition coefficient (Wildman–Crippen LogP) is 1.71. The first-order valence-corrected chi connectivity index (χ1v) is 7.14. The minimum absolute atomic E-state index is 0.268. The maximum Gasteiger partial charge on any atom is 0.243 e. The van der Waals surface area contributed by atoms with Crippen molar-refractivity contribution in [3.63, 3.8) is 0 Å². The fourth-order valence-corrected chi connectivity index (χ4v) is 2.83. The van der Waals surface area contributed by atoms with E-state index >= 15 is 0 Å². The Balaban J connectivity index is 1.76. The van der Waals surface area contributed by atoms with Gasteiger partial charge in [-0.15, -0.1) is 0 Å². The Bertz CT molecular complexity index is 450. The Labute approximate surface area is 114 Å². The molecular formula is C15H21N3O. The highest BCUT2D eigenvalue weighted by Crippen LogP contribution is 2.32. The van der Waals surface area contributed by atoms with E-state index in [9.17, 15) is 4.79 Å². The summed E-state index contributed by atoms with van der Waals surface area (Å²) in [6, 6.07) is 4.43. The van der Waals surface area contributed by atoms with Gasteiger partial charge in [0.05, 0.1) is 5.54 Å². The second kappa shape index (κ2) is 4.93.